The number of thiazole rings is 1. The molecule has 3 aromatic rings. The maximum atomic E-state index is 12.3. The van der Waals surface area contributed by atoms with Crippen LogP contribution in [0.3, 0.4) is 0 Å². The first-order chi connectivity index (χ1) is 12.9. The molecule has 138 valence electrons. The molecule has 0 aliphatic heterocycles. The number of nitrogens with one attached hydrogen (secondary N) is 1. The zero-order valence-corrected chi connectivity index (χ0v) is 16.2. The van der Waals surface area contributed by atoms with Gasteiger partial charge in [-0.05, 0) is 13.0 Å². The molecule has 0 atom stereocenters. The van der Waals surface area contributed by atoms with Gasteiger partial charge in [-0.15, -0.1) is 11.3 Å². The first-order valence-corrected chi connectivity index (χ1v) is 9.22. The molecule has 6 nitrogen and oxygen atoms in total. The zero-order valence-electron chi connectivity index (χ0n) is 13.9. The first kappa shape index (κ1) is 19.2. The van der Waals surface area contributed by atoms with Gasteiger partial charge in [-0.25, -0.2) is 10.4 Å². The molecule has 0 aliphatic rings. The predicted octanol–water partition coefficient (Wildman–Crippen LogP) is 4.60. The van der Waals surface area contributed by atoms with Crippen molar-refractivity contribution in [3.63, 3.8) is 0 Å². The van der Waals surface area contributed by atoms with Crippen LogP contribution >= 0.6 is 34.5 Å². The second-order valence-corrected chi connectivity index (χ2v) is 7.44. The number of phenolic OH excluding ortho intramolecular Hbond substituents is 2. The number of rotatable bonds is 4. The van der Waals surface area contributed by atoms with Gasteiger partial charge in [-0.2, -0.15) is 5.10 Å². The number of aromatic hydroxyl groups is 2. The number of halogens is 2. The van der Waals surface area contributed by atoms with Crippen LogP contribution in [0.15, 0.2) is 41.5 Å². The highest BCUT2D eigenvalue weighted by Gasteiger charge is 2.16. The average molecular weight is 422 g/mol. The summed E-state index contributed by atoms with van der Waals surface area (Å²) < 4.78 is 0. The third-order valence-corrected chi connectivity index (χ3v) is 5.27. The molecular formula is C18H13Cl2N3O3S. The molecule has 0 unspecified atom stereocenters. The van der Waals surface area contributed by atoms with Gasteiger partial charge in [0, 0.05) is 16.0 Å². The summed E-state index contributed by atoms with van der Waals surface area (Å²) in [5, 5.41) is 23.6. The number of aromatic nitrogens is 1. The van der Waals surface area contributed by atoms with E-state index < -0.39 is 17.4 Å². The van der Waals surface area contributed by atoms with Gasteiger partial charge in [0.05, 0.1) is 11.2 Å². The Morgan fingerprint density at radius 3 is 2.63 bits per heavy atom. The lowest BCUT2D eigenvalue weighted by atomic mass is 10.2. The van der Waals surface area contributed by atoms with Gasteiger partial charge in [-0.3, -0.25) is 4.79 Å². The molecule has 0 aliphatic carbocycles. The van der Waals surface area contributed by atoms with Crippen molar-refractivity contribution in [3.05, 3.63) is 62.6 Å². The van der Waals surface area contributed by atoms with Gasteiger partial charge in [0.1, 0.15) is 21.5 Å². The molecule has 1 amide bonds. The number of carbonyl (C=O) groups is 1. The summed E-state index contributed by atoms with van der Waals surface area (Å²) in [4.78, 5) is 17.5. The zero-order chi connectivity index (χ0) is 19.6. The van der Waals surface area contributed by atoms with Crippen molar-refractivity contribution in [1.29, 1.82) is 0 Å². The standard InChI is InChI=1S/C18H13Cl2N3O3S/c1-9-14(22-18(27-9)10-5-3-2-4-6-10)17(26)23-21-8-11-7-12(19)16(25)13(20)15(11)24/h2-8,24-25H,1H3,(H,23,26)/b21-8-. The lowest BCUT2D eigenvalue weighted by Gasteiger charge is -2.05. The largest absolute Gasteiger partial charge is 0.506 e. The van der Waals surface area contributed by atoms with E-state index in [2.05, 4.69) is 15.5 Å². The van der Waals surface area contributed by atoms with E-state index in [1.165, 1.54) is 23.6 Å². The molecular weight excluding hydrogens is 409 g/mol. The molecule has 9 heteroatoms. The third-order valence-electron chi connectivity index (χ3n) is 3.60. The van der Waals surface area contributed by atoms with Crippen molar-refractivity contribution in [2.24, 2.45) is 5.10 Å². The Kier molecular flexibility index (Phi) is 5.65. The predicted molar refractivity (Wildman–Crippen MR) is 107 cm³/mol. The monoisotopic (exact) mass is 421 g/mol. The highest BCUT2D eigenvalue weighted by atomic mass is 35.5. The molecule has 1 aromatic heterocycles. The Morgan fingerprint density at radius 2 is 1.93 bits per heavy atom. The van der Waals surface area contributed by atoms with Gasteiger partial charge in [0.2, 0.25) is 0 Å². The van der Waals surface area contributed by atoms with Crippen molar-refractivity contribution in [3.8, 4) is 22.1 Å². The van der Waals surface area contributed by atoms with Crippen LogP contribution in [0.2, 0.25) is 10.0 Å². The molecule has 0 fully saturated rings. The van der Waals surface area contributed by atoms with Crippen LogP contribution in [-0.4, -0.2) is 27.3 Å². The quantitative estimate of drug-likeness (QED) is 0.423. The third kappa shape index (κ3) is 4.05. The highest BCUT2D eigenvalue weighted by molar-refractivity contribution is 7.15. The highest BCUT2D eigenvalue weighted by Crippen LogP contribution is 2.40. The van der Waals surface area contributed by atoms with Crippen molar-refractivity contribution in [2.45, 2.75) is 6.92 Å². The number of amides is 1. The lowest BCUT2D eigenvalue weighted by Crippen LogP contribution is -2.19. The Balaban J connectivity index is 1.77. The fourth-order valence-corrected chi connectivity index (χ4v) is 3.63. The van der Waals surface area contributed by atoms with Crippen LogP contribution in [0.5, 0.6) is 11.5 Å². The van der Waals surface area contributed by atoms with Gasteiger partial charge >= 0.3 is 0 Å². The summed E-state index contributed by atoms with van der Waals surface area (Å²) >= 11 is 13.0. The Labute approximate surface area is 168 Å². The van der Waals surface area contributed by atoms with E-state index in [9.17, 15) is 15.0 Å². The second kappa shape index (κ2) is 7.96. The molecule has 1 heterocycles. The Hall–Kier alpha value is -2.61. The van der Waals surface area contributed by atoms with Gasteiger partial charge in [-0.1, -0.05) is 53.5 Å². The van der Waals surface area contributed by atoms with E-state index in [0.29, 0.717) is 0 Å². The Bertz CT molecular complexity index is 1040. The number of hydrogen-bond acceptors (Lipinski definition) is 6. The van der Waals surface area contributed by atoms with Crippen LogP contribution in [0, 0.1) is 6.92 Å². The number of carbonyl (C=O) groups excluding carboxylic acids is 1. The summed E-state index contributed by atoms with van der Waals surface area (Å²) in [6, 6.07) is 10.8. The van der Waals surface area contributed by atoms with Crippen LogP contribution < -0.4 is 5.43 Å². The fourth-order valence-electron chi connectivity index (χ4n) is 2.24. The molecule has 27 heavy (non-hydrogen) atoms. The van der Waals surface area contributed by atoms with E-state index in [0.717, 1.165) is 15.4 Å². The minimum absolute atomic E-state index is 0.0478. The molecule has 0 saturated carbocycles. The second-order valence-electron chi connectivity index (χ2n) is 5.45. The van der Waals surface area contributed by atoms with Crippen LogP contribution in [0.1, 0.15) is 20.9 Å². The summed E-state index contributed by atoms with van der Waals surface area (Å²) in [7, 11) is 0. The van der Waals surface area contributed by atoms with Gasteiger partial charge < -0.3 is 10.2 Å². The normalized spacial score (nSPS) is 11.1. The van der Waals surface area contributed by atoms with Crippen molar-refractivity contribution in [2.75, 3.05) is 0 Å². The van der Waals surface area contributed by atoms with Crippen molar-refractivity contribution >= 4 is 46.7 Å². The van der Waals surface area contributed by atoms with Gasteiger partial charge in [0.15, 0.2) is 5.75 Å². The summed E-state index contributed by atoms with van der Waals surface area (Å²) in [5.41, 5.74) is 3.68. The van der Waals surface area contributed by atoms with E-state index in [1.54, 1.807) is 6.92 Å². The molecule has 3 rings (SSSR count). The number of phenols is 2. The van der Waals surface area contributed by atoms with E-state index in [1.807, 2.05) is 30.3 Å². The topological polar surface area (TPSA) is 94.8 Å². The summed E-state index contributed by atoms with van der Waals surface area (Å²) in [5.74, 6) is -1.31. The minimum atomic E-state index is -0.488. The minimum Gasteiger partial charge on any atom is -0.506 e. The van der Waals surface area contributed by atoms with Crippen LogP contribution in [-0.2, 0) is 0 Å². The average Bonchev–Trinajstić information content (AvgIpc) is 3.06. The lowest BCUT2D eigenvalue weighted by molar-refractivity contribution is 0.0950. The number of benzene rings is 2. The first-order valence-electron chi connectivity index (χ1n) is 7.64. The molecule has 0 radical (unpaired) electrons. The smallest absolute Gasteiger partial charge is 0.291 e. The molecule has 3 N–H and O–H groups in total. The maximum Gasteiger partial charge on any atom is 0.291 e. The Morgan fingerprint density at radius 1 is 1.22 bits per heavy atom. The van der Waals surface area contributed by atoms with Crippen LogP contribution in [0.25, 0.3) is 10.6 Å². The fraction of sp³-hybridized carbons (Fsp3) is 0.0556. The summed E-state index contributed by atoms with van der Waals surface area (Å²) in [6.07, 6.45) is 1.17. The molecule has 0 spiro atoms. The molecule has 0 bridgehead atoms. The number of hydrazone groups is 1. The molecule has 0 saturated heterocycles. The number of nitrogens with zero attached hydrogens (tertiary/aromatic N) is 2. The number of hydrogen-bond donors (Lipinski definition) is 3. The maximum absolute atomic E-state index is 12.3. The summed E-state index contributed by atoms with van der Waals surface area (Å²) in [6.45, 7) is 1.80. The molecule has 2 aromatic carbocycles. The SMILES string of the molecule is Cc1sc(-c2ccccc2)nc1C(=O)N/N=C\c1cc(Cl)c(O)c(Cl)c1O. The van der Waals surface area contributed by atoms with E-state index in [4.69, 9.17) is 23.2 Å². The van der Waals surface area contributed by atoms with E-state index in [-0.39, 0.29) is 21.3 Å². The van der Waals surface area contributed by atoms with Crippen molar-refractivity contribution < 1.29 is 15.0 Å². The van der Waals surface area contributed by atoms with E-state index >= 15 is 0 Å². The number of aryl methyl sites for hydroxylation is 1. The van der Waals surface area contributed by atoms with Crippen molar-refractivity contribution in [1.82, 2.24) is 10.4 Å². The van der Waals surface area contributed by atoms with Gasteiger partial charge in [0.25, 0.3) is 5.91 Å². The van der Waals surface area contributed by atoms with Crippen LogP contribution in [0.4, 0.5) is 0 Å².